The zero-order valence-electron chi connectivity index (χ0n) is 18.1. The van der Waals surface area contributed by atoms with Gasteiger partial charge in [-0.15, -0.1) is 0 Å². The van der Waals surface area contributed by atoms with Crippen molar-refractivity contribution < 1.29 is 14.3 Å². The number of imidazole rings is 1. The van der Waals surface area contributed by atoms with Crippen LogP contribution in [0, 0.1) is 0 Å². The summed E-state index contributed by atoms with van der Waals surface area (Å²) in [4.78, 5) is 34.6. The quantitative estimate of drug-likeness (QED) is 0.443. The van der Waals surface area contributed by atoms with E-state index < -0.39 is 0 Å². The van der Waals surface area contributed by atoms with E-state index in [1.54, 1.807) is 34.9 Å². The maximum Gasteiger partial charge on any atom is 0.253 e. The van der Waals surface area contributed by atoms with E-state index in [0.29, 0.717) is 34.6 Å². The number of morpholine rings is 1. The molecule has 1 aromatic heterocycles. The summed E-state index contributed by atoms with van der Waals surface area (Å²) >= 11 is 14.2. The van der Waals surface area contributed by atoms with Crippen LogP contribution in [0.15, 0.2) is 36.4 Å². The second-order valence-electron chi connectivity index (χ2n) is 7.78. The molecule has 1 unspecified atom stereocenters. The molecule has 1 atom stereocenters. The third kappa shape index (κ3) is 5.81. The lowest BCUT2D eigenvalue weighted by atomic mass is 10.0. The van der Waals surface area contributed by atoms with E-state index in [2.05, 4.69) is 15.3 Å². The highest BCUT2D eigenvalue weighted by Crippen LogP contribution is 2.31. The van der Waals surface area contributed by atoms with Gasteiger partial charge in [-0.1, -0.05) is 23.2 Å². The number of amides is 2. The van der Waals surface area contributed by atoms with E-state index in [-0.39, 0.29) is 30.8 Å². The minimum absolute atomic E-state index is 0.0419. The molecule has 33 heavy (non-hydrogen) atoms. The molecular weight excluding hydrogens is 483 g/mol. The van der Waals surface area contributed by atoms with Crippen molar-refractivity contribution in [2.75, 3.05) is 42.0 Å². The summed E-state index contributed by atoms with van der Waals surface area (Å²) in [6.07, 6.45) is 3.12. The van der Waals surface area contributed by atoms with E-state index in [0.717, 1.165) is 29.0 Å². The van der Waals surface area contributed by atoms with Crippen molar-refractivity contribution in [3.63, 3.8) is 0 Å². The van der Waals surface area contributed by atoms with Crippen LogP contribution < -0.4 is 10.2 Å². The summed E-state index contributed by atoms with van der Waals surface area (Å²) in [5.41, 5.74) is 2.87. The molecule has 4 rings (SSSR count). The Labute approximate surface area is 206 Å². The number of fused-ring (bicyclic) bond motifs is 1. The Morgan fingerprint density at radius 3 is 2.91 bits per heavy atom. The Kier molecular flexibility index (Phi) is 7.80. The number of aromatic amines is 1. The predicted molar refractivity (Wildman–Crippen MR) is 135 cm³/mol. The Morgan fingerprint density at radius 2 is 2.15 bits per heavy atom. The normalized spacial score (nSPS) is 15.1. The largest absolute Gasteiger partial charge is 0.370 e. The van der Waals surface area contributed by atoms with Gasteiger partial charge in [0.05, 0.1) is 28.4 Å². The van der Waals surface area contributed by atoms with Gasteiger partial charge in [0.2, 0.25) is 5.91 Å². The zero-order valence-corrected chi connectivity index (χ0v) is 20.4. The first kappa shape index (κ1) is 23.9. The number of ether oxygens (including phenoxy) is 1. The van der Waals surface area contributed by atoms with Gasteiger partial charge in [0.15, 0.2) is 0 Å². The van der Waals surface area contributed by atoms with Gasteiger partial charge in [0.25, 0.3) is 5.91 Å². The van der Waals surface area contributed by atoms with E-state index in [1.165, 1.54) is 0 Å². The van der Waals surface area contributed by atoms with Gasteiger partial charge >= 0.3 is 0 Å². The molecule has 0 radical (unpaired) electrons. The lowest BCUT2D eigenvalue weighted by Crippen LogP contribution is -2.41. The van der Waals surface area contributed by atoms with E-state index in [1.807, 2.05) is 24.5 Å². The number of anilines is 2. The van der Waals surface area contributed by atoms with Crippen LogP contribution in [-0.4, -0.2) is 53.5 Å². The van der Waals surface area contributed by atoms with Crippen molar-refractivity contribution in [2.45, 2.75) is 18.8 Å². The minimum Gasteiger partial charge on any atom is -0.370 e. The predicted octanol–water partition coefficient (Wildman–Crippen LogP) is 5.10. The number of aromatic nitrogens is 2. The molecule has 2 N–H and O–H groups in total. The molecule has 1 aliphatic rings. The fraction of sp³-hybridized carbons (Fsp3) is 0.348. The van der Waals surface area contributed by atoms with Crippen molar-refractivity contribution in [1.29, 1.82) is 0 Å². The molecule has 10 heteroatoms. The molecule has 0 spiro atoms. The number of carbonyl (C=O) groups excluding carboxylic acids is 2. The Morgan fingerprint density at radius 1 is 1.30 bits per heavy atom. The van der Waals surface area contributed by atoms with Gasteiger partial charge in [-0.25, -0.2) is 4.98 Å². The molecule has 2 amide bonds. The number of nitrogens with zero attached hydrogens (tertiary/aromatic N) is 2. The first-order chi connectivity index (χ1) is 15.9. The molecule has 0 bridgehead atoms. The Bertz CT molecular complexity index is 1170. The second-order valence-corrected chi connectivity index (χ2v) is 9.61. The monoisotopic (exact) mass is 506 g/mol. The number of H-pyrrole nitrogens is 1. The molecule has 1 aliphatic heterocycles. The average Bonchev–Trinajstić information content (AvgIpc) is 3.20. The van der Waals surface area contributed by atoms with Crippen LogP contribution in [-0.2, 0) is 14.3 Å². The Balaban J connectivity index is 1.46. The van der Waals surface area contributed by atoms with Gasteiger partial charge < -0.3 is 19.9 Å². The molecule has 7 nitrogen and oxygen atoms in total. The summed E-state index contributed by atoms with van der Waals surface area (Å²) < 4.78 is 5.17. The standard InChI is InChI=1S/C23H24Cl2N4O3S/c1-33-9-6-14(23-27-18-4-2-15(24)11-19(18)28-23)10-21(30)26-16-3-5-20(17(25)12-16)29-7-8-32-13-22(29)31/h2-5,11-12,14H,6-10,13H2,1H3,(H,26,30)(H,27,28). The van der Waals surface area contributed by atoms with Crippen molar-refractivity contribution >= 4 is 69.2 Å². The summed E-state index contributed by atoms with van der Waals surface area (Å²) in [5.74, 6) is 1.35. The van der Waals surface area contributed by atoms with Crippen molar-refractivity contribution in [1.82, 2.24) is 9.97 Å². The fourth-order valence-electron chi connectivity index (χ4n) is 3.80. The van der Waals surface area contributed by atoms with Crippen LogP contribution in [0.1, 0.15) is 24.6 Å². The smallest absolute Gasteiger partial charge is 0.253 e. The molecule has 2 heterocycles. The van der Waals surface area contributed by atoms with Gasteiger partial charge in [-0.2, -0.15) is 11.8 Å². The second kappa shape index (κ2) is 10.8. The van der Waals surface area contributed by atoms with Crippen LogP contribution >= 0.6 is 35.0 Å². The number of carbonyl (C=O) groups is 2. The van der Waals surface area contributed by atoms with E-state index >= 15 is 0 Å². The van der Waals surface area contributed by atoms with Crippen LogP contribution in [0.2, 0.25) is 10.0 Å². The first-order valence-corrected chi connectivity index (χ1v) is 12.7. The lowest BCUT2D eigenvalue weighted by Gasteiger charge is -2.27. The molecule has 174 valence electrons. The molecule has 2 aromatic carbocycles. The number of rotatable bonds is 8. The summed E-state index contributed by atoms with van der Waals surface area (Å²) in [6.45, 7) is 0.955. The molecular formula is C23H24Cl2N4O3S. The highest BCUT2D eigenvalue weighted by Gasteiger charge is 2.23. The maximum absolute atomic E-state index is 12.9. The van der Waals surface area contributed by atoms with Crippen molar-refractivity contribution in [2.24, 2.45) is 0 Å². The van der Waals surface area contributed by atoms with Crippen molar-refractivity contribution in [3.05, 3.63) is 52.3 Å². The zero-order chi connectivity index (χ0) is 23.4. The lowest BCUT2D eigenvalue weighted by molar-refractivity contribution is -0.125. The van der Waals surface area contributed by atoms with Crippen molar-refractivity contribution in [3.8, 4) is 0 Å². The third-order valence-corrected chi connectivity index (χ3v) is 6.64. The first-order valence-electron chi connectivity index (χ1n) is 10.6. The van der Waals surface area contributed by atoms with E-state index in [4.69, 9.17) is 27.9 Å². The molecule has 0 aliphatic carbocycles. The Hall–Kier alpha value is -2.26. The summed E-state index contributed by atoms with van der Waals surface area (Å²) in [7, 11) is 0. The summed E-state index contributed by atoms with van der Waals surface area (Å²) in [5, 5.41) is 3.94. The van der Waals surface area contributed by atoms with Gasteiger partial charge in [0.1, 0.15) is 12.4 Å². The van der Waals surface area contributed by atoms with Crippen LogP contribution in [0.25, 0.3) is 11.0 Å². The van der Waals surface area contributed by atoms with Gasteiger partial charge in [-0.05, 0) is 54.8 Å². The number of nitrogens with one attached hydrogen (secondary N) is 2. The number of hydrogen-bond donors (Lipinski definition) is 2. The summed E-state index contributed by atoms with van der Waals surface area (Å²) in [6, 6.07) is 10.7. The molecule has 3 aromatic rings. The topological polar surface area (TPSA) is 87.3 Å². The third-order valence-electron chi connectivity index (χ3n) is 5.46. The molecule has 1 saturated heterocycles. The van der Waals surface area contributed by atoms with Crippen LogP contribution in [0.3, 0.4) is 0 Å². The molecule has 1 fully saturated rings. The van der Waals surface area contributed by atoms with Gasteiger partial charge in [0, 0.05) is 29.6 Å². The fourth-order valence-corrected chi connectivity index (χ4v) is 4.77. The maximum atomic E-state index is 12.9. The van der Waals surface area contributed by atoms with E-state index in [9.17, 15) is 9.59 Å². The number of hydrogen-bond acceptors (Lipinski definition) is 5. The average molecular weight is 507 g/mol. The van der Waals surface area contributed by atoms with Crippen LogP contribution in [0.5, 0.6) is 0 Å². The highest BCUT2D eigenvalue weighted by molar-refractivity contribution is 7.98. The minimum atomic E-state index is -0.135. The van der Waals surface area contributed by atoms with Gasteiger partial charge in [-0.3, -0.25) is 9.59 Å². The van der Waals surface area contributed by atoms with Crippen LogP contribution in [0.4, 0.5) is 11.4 Å². The SMILES string of the molecule is CSCCC(CC(=O)Nc1ccc(N2CCOCC2=O)c(Cl)c1)c1nc2cc(Cl)ccc2[nH]1. The molecule has 0 saturated carbocycles. The number of benzene rings is 2. The highest BCUT2D eigenvalue weighted by atomic mass is 35.5. The number of halogens is 2. The number of thioether (sulfide) groups is 1.